The molecule has 0 amide bonds. The van der Waals surface area contributed by atoms with Crippen LogP contribution in [-0.2, 0) is 6.54 Å². The second kappa shape index (κ2) is 5.06. The fourth-order valence-electron chi connectivity index (χ4n) is 2.84. The Kier molecular flexibility index (Phi) is 3.28. The van der Waals surface area contributed by atoms with Gasteiger partial charge in [0.1, 0.15) is 11.3 Å². The Bertz CT molecular complexity index is 526. The summed E-state index contributed by atoms with van der Waals surface area (Å²) in [4.78, 5) is 9.00. The van der Waals surface area contributed by atoms with Gasteiger partial charge in [-0.3, -0.25) is 4.98 Å². The molecule has 0 spiro atoms. The molecule has 1 aliphatic heterocycles. The third-order valence-corrected chi connectivity index (χ3v) is 3.69. The van der Waals surface area contributed by atoms with E-state index in [2.05, 4.69) is 27.9 Å². The van der Waals surface area contributed by atoms with E-state index in [1.807, 2.05) is 12.4 Å². The van der Waals surface area contributed by atoms with E-state index < -0.39 is 0 Å². The average molecular weight is 244 g/mol. The van der Waals surface area contributed by atoms with Crippen LogP contribution in [0.1, 0.15) is 37.9 Å². The number of rotatable bonds is 3. The van der Waals surface area contributed by atoms with Gasteiger partial charge in [-0.05, 0) is 31.9 Å². The first kappa shape index (κ1) is 11.7. The smallest absolute Gasteiger partial charge is 0.114 e. The van der Waals surface area contributed by atoms with Crippen molar-refractivity contribution in [1.29, 1.82) is 0 Å². The van der Waals surface area contributed by atoms with Crippen molar-refractivity contribution in [2.45, 2.75) is 38.6 Å². The van der Waals surface area contributed by atoms with E-state index in [1.54, 1.807) is 0 Å². The molecule has 1 aliphatic rings. The SMILES string of the molecule is CCCn1c(C2CCCNC2)nc2cnccc21. The quantitative estimate of drug-likeness (QED) is 0.901. The lowest BCUT2D eigenvalue weighted by Crippen LogP contribution is -2.30. The van der Waals surface area contributed by atoms with Crippen molar-refractivity contribution in [2.75, 3.05) is 13.1 Å². The predicted molar refractivity (Wildman–Crippen MR) is 72.7 cm³/mol. The summed E-state index contributed by atoms with van der Waals surface area (Å²) in [6, 6.07) is 2.08. The van der Waals surface area contributed by atoms with Gasteiger partial charge in [-0.25, -0.2) is 4.98 Å². The second-order valence-electron chi connectivity index (χ2n) is 5.03. The molecule has 2 aromatic heterocycles. The van der Waals surface area contributed by atoms with Crippen LogP contribution in [0.5, 0.6) is 0 Å². The molecule has 4 heteroatoms. The summed E-state index contributed by atoms with van der Waals surface area (Å²) in [7, 11) is 0. The minimum Gasteiger partial charge on any atom is -0.328 e. The van der Waals surface area contributed by atoms with Gasteiger partial charge in [0.25, 0.3) is 0 Å². The Morgan fingerprint density at radius 3 is 3.22 bits per heavy atom. The number of nitrogens with zero attached hydrogens (tertiary/aromatic N) is 3. The van der Waals surface area contributed by atoms with Crippen LogP contribution in [-0.4, -0.2) is 27.6 Å². The molecule has 0 saturated carbocycles. The summed E-state index contributed by atoms with van der Waals surface area (Å²) in [5, 5.41) is 3.48. The maximum atomic E-state index is 4.82. The monoisotopic (exact) mass is 244 g/mol. The predicted octanol–water partition coefficient (Wildman–Crippen LogP) is 2.31. The molecular weight excluding hydrogens is 224 g/mol. The van der Waals surface area contributed by atoms with E-state index in [4.69, 9.17) is 4.98 Å². The molecule has 1 saturated heterocycles. The Labute approximate surface area is 107 Å². The Hall–Kier alpha value is -1.42. The number of hydrogen-bond donors (Lipinski definition) is 1. The highest BCUT2D eigenvalue weighted by molar-refractivity contribution is 5.74. The van der Waals surface area contributed by atoms with E-state index in [-0.39, 0.29) is 0 Å². The standard InChI is InChI=1S/C14H20N4/c1-2-8-18-13-5-7-16-10-12(13)17-14(18)11-4-3-6-15-9-11/h5,7,10-11,15H,2-4,6,8-9H2,1H3. The molecule has 1 fully saturated rings. The number of pyridine rings is 1. The first-order chi connectivity index (χ1) is 8.90. The molecule has 18 heavy (non-hydrogen) atoms. The summed E-state index contributed by atoms with van der Waals surface area (Å²) in [5.74, 6) is 1.80. The van der Waals surface area contributed by atoms with E-state index >= 15 is 0 Å². The molecule has 2 aromatic rings. The van der Waals surface area contributed by atoms with Gasteiger partial charge >= 0.3 is 0 Å². The van der Waals surface area contributed by atoms with Crippen LogP contribution in [0.25, 0.3) is 11.0 Å². The molecular formula is C14H20N4. The molecule has 1 atom stereocenters. The normalized spacial score (nSPS) is 20.4. The van der Waals surface area contributed by atoms with Gasteiger partial charge < -0.3 is 9.88 Å². The number of imidazole rings is 1. The lowest BCUT2D eigenvalue weighted by Gasteiger charge is -2.23. The number of aryl methyl sites for hydroxylation is 1. The fraction of sp³-hybridized carbons (Fsp3) is 0.571. The van der Waals surface area contributed by atoms with Crippen molar-refractivity contribution in [2.24, 2.45) is 0 Å². The Morgan fingerprint density at radius 2 is 2.44 bits per heavy atom. The van der Waals surface area contributed by atoms with Gasteiger partial charge in [-0.2, -0.15) is 0 Å². The maximum absolute atomic E-state index is 4.82. The lowest BCUT2D eigenvalue weighted by atomic mass is 9.99. The van der Waals surface area contributed by atoms with Gasteiger partial charge in [0.2, 0.25) is 0 Å². The molecule has 3 heterocycles. The maximum Gasteiger partial charge on any atom is 0.114 e. The minimum absolute atomic E-state index is 0.553. The third kappa shape index (κ3) is 2.01. The third-order valence-electron chi connectivity index (χ3n) is 3.69. The summed E-state index contributed by atoms with van der Waals surface area (Å²) in [5.41, 5.74) is 2.26. The van der Waals surface area contributed by atoms with Gasteiger partial charge in [0.05, 0.1) is 11.7 Å². The van der Waals surface area contributed by atoms with E-state index in [0.29, 0.717) is 5.92 Å². The van der Waals surface area contributed by atoms with E-state index in [0.717, 1.165) is 31.6 Å². The Morgan fingerprint density at radius 1 is 1.50 bits per heavy atom. The summed E-state index contributed by atoms with van der Waals surface area (Å²) in [6.45, 7) is 5.47. The molecule has 0 radical (unpaired) electrons. The zero-order valence-corrected chi connectivity index (χ0v) is 10.9. The fourth-order valence-corrected chi connectivity index (χ4v) is 2.84. The van der Waals surface area contributed by atoms with Crippen molar-refractivity contribution < 1.29 is 0 Å². The van der Waals surface area contributed by atoms with Crippen LogP contribution >= 0.6 is 0 Å². The van der Waals surface area contributed by atoms with Crippen LogP contribution in [0.2, 0.25) is 0 Å². The van der Waals surface area contributed by atoms with E-state index in [9.17, 15) is 0 Å². The zero-order chi connectivity index (χ0) is 12.4. The number of nitrogens with one attached hydrogen (secondary N) is 1. The molecule has 3 rings (SSSR count). The largest absolute Gasteiger partial charge is 0.328 e. The molecule has 0 aliphatic carbocycles. The number of piperidine rings is 1. The lowest BCUT2D eigenvalue weighted by molar-refractivity contribution is 0.433. The Balaban J connectivity index is 2.05. The average Bonchev–Trinajstić information content (AvgIpc) is 2.80. The highest BCUT2D eigenvalue weighted by Gasteiger charge is 2.21. The first-order valence-corrected chi connectivity index (χ1v) is 6.91. The summed E-state index contributed by atoms with van der Waals surface area (Å²) < 4.78 is 2.38. The molecule has 0 aromatic carbocycles. The van der Waals surface area contributed by atoms with Crippen LogP contribution in [0.3, 0.4) is 0 Å². The van der Waals surface area contributed by atoms with Gasteiger partial charge in [0, 0.05) is 25.2 Å². The van der Waals surface area contributed by atoms with Crippen molar-refractivity contribution in [3.05, 3.63) is 24.3 Å². The van der Waals surface area contributed by atoms with Crippen LogP contribution in [0.4, 0.5) is 0 Å². The van der Waals surface area contributed by atoms with Gasteiger partial charge in [0.15, 0.2) is 0 Å². The number of aromatic nitrogens is 3. The van der Waals surface area contributed by atoms with Crippen LogP contribution < -0.4 is 5.32 Å². The van der Waals surface area contributed by atoms with Crippen molar-refractivity contribution in [1.82, 2.24) is 19.9 Å². The summed E-state index contributed by atoms with van der Waals surface area (Å²) in [6.07, 6.45) is 7.37. The molecule has 1 N–H and O–H groups in total. The molecule has 4 nitrogen and oxygen atoms in total. The highest BCUT2D eigenvalue weighted by atomic mass is 15.1. The topological polar surface area (TPSA) is 42.7 Å². The minimum atomic E-state index is 0.553. The molecule has 0 bridgehead atoms. The van der Waals surface area contributed by atoms with Crippen LogP contribution in [0, 0.1) is 0 Å². The van der Waals surface area contributed by atoms with Crippen molar-refractivity contribution in [3.8, 4) is 0 Å². The van der Waals surface area contributed by atoms with Gasteiger partial charge in [-0.15, -0.1) is 0 Å². The van der Waals surface area contributed by atoms with E-state index in [1.165, 1.54) is 24.2 Å². The summed E-state index contributed by atoms with van der Waals surface area (Å²) >= 11 is 0. The van der Waals surface area contributed by atoms with Gasteiger partial charge in [-0.1, -0.05) is 6.92 Å². The number of hydrogen-bond acceptors (Lipinski definition) is 3. The van der Waals surface area contributed by atoms with Crippen molar-refractivity contribution in [3.63, 3.8) is 0 Å². The molecule has 96 valence electrons. The zero-order valence-electron chi connectivity index (χ0n) is 10.9. The van der Waals surface area contributed by atoms with Crippen molar-refractivity contribution >= 4 is 11.0 Å². The second-order valence-corrected chi connectivity index (χ2v) is 5.03. The van der Waals surface area contributed by atoms with Crippen LogP contribution in [0.15, 0.2) is 18.5 Å². The number of fused-ring (bicyclic) bond motifs is 1. The highest BCUT2D eigenvalue weighted by Crippen LogP contribution is 2.26. The first-order valence-electron chi connectivity index (χ1n) is 6.91. The molecule has 1 unspecified atom stereocenters.